The third-order valence-corrected chi connectivity index (χ3v) is 4.43. The fourth-order valence-corrected chi connectivity index (χ4v) is 2.88. The van der Waals surface area contributed by atoms with Gasteiger partial charge in [0.05, 0.1) is 5.69 Å². The molecule has 3 amide bonds. The van der Waals surface area contributed by atoms with E-state index in [-0.39, 0.29) is 11.8 Å². The minimum atomic E-state index is -0.640. The molecule has 5 nitrogen and oxygen atoms in total. The standard InChI is InChI=1S/C19H23N3O2S/c1-13(2)17(22-19(24)20-14-9-5-4-6-10-14)18(23)21-15-11-7-8-12-16(15)25-3/h4-13,17H,1-3H3,(H,21,23)(H2,20,22,24). The van der Waals surface area contributed by atoms with Crippen LogP contribution in [-0.2, 0) is 4.79 Å². The first-order valence-electron chi connectivity index (χ1n) is 8.07. The van der Waals surface area contributed by atoms with Crippen LogP contribution in [0.3, 0.4) is 0 Å². The smallest absolute Gasteiger partial charge is 0.319 e. The number of carbonyl (C=O) groups excluding carboxylic acids is 2. The zero-order valence-electron chi connectivity index (χ0n) is 14.6. The molecule has 6 heteroatoms. The fourth-order valence-electron chi connectivity index (χ4n) is 2.32. The van der Waals surface area contributed by atoms with Crippen molar-refractivity contribution in [3.63, 3.8) is 0 Å². The Morgan fingerprint density at radius 2 is 1.56 bits per heavy atom. The predicted octanol–water partition coefficient (Wildman–Crippen LogP) is 4.19. The van der Waals surface area contributed by atoms with Gasteiger partial charge in [0.2, 0.25) is 5.91 Å². The van der Waals surface area contributed by atoms with E-state index in [2.05, 4.69) is 16.0 Å². The fraction of sp³-hybridized carbons (Fsp3) is 0.263. The summed E-state index contributed by atoms with van der Waals surface area (Å²) in [6, 6.07) is 15.7. The first-order chi connectivity index (χ1) is 12.0. The SMILES string of the molecule is CSc1ccccc1NC(=O)C(NC(=O)Nc1ccccc1)C(C)C. The lowest BCUT2D eigenvalue weighted by molar-refractivity contribution is -0.118. The normalized spacial score (nSPS) is 11.7. The number of carbonyl (C=O) groups is 2. The summed E-state index contributed by atoms with van der Waals surface area (Å²) in [6.45, 7) is 3.79. The van der Waals surface area contributed by atoms with Crippen molar-refractivity contribution in [3.8, 4) is 0 Å². The number of urea groups is 1. The molecule has 2 rings (SSSR count). The second-order valence-corrected chi connectivity index (χ2v) is 6.72. The van der Waals surface area contributed by atoms with Gasteiger partial charge in [-0.2, -0.15) is 0 Å². The second-order valence-electron chi connectivity index (χ2n) is 5.88. The molecule has 2 aromatic rings. The summed E-state index contributed by atoms with van der Waals surface area (Å²) < 4.78 is 0. The molecular weight excluding hydrogens is 334 g/mol. The Morgan fingerprint density at radius 1 is 0.920 bits per heavy atom. The number of hydrogen-bond donors (Lipinski definition) is 3. The molecule has 1 unspecified atom stereocenters. The first kappa shape index (κ1) is 18.9. The second kappa shape index (κ2) is 9.13. The highest BCUT2D eigenvalue weighted by molar-refractivity contribution is 7.98. The summed E-state index contributed by atoms with van der Waals surface area (Å²) >= 11 is 1.56. The monoisotopic (exact) mass is 357 g/mol. The summed E-state index contributed by atoms with van der Waals surface area (Å²) in [5, 5.41) is 8.40. The molecule has 0 heterocycles. The van der Waals surface area contributed by atoms with Crippen LogP contribution < -0.4 is 16.0 Å². The van der Waals surface area contributed by atoms with Gasteiger partial charge >= 0.3 is 6.03 Å². The Bertz CT molecular complexity index is 720. The highest BCUT2D eigenvalue weighted by Crippen LogP contribution is 2.25. The summed E-state index contributed by atoms with van der Waals surface area (Å²) in [6.07, 6.45) is 1.95. The maximum absolute atomic E-state index is 12.6. The van der Waals surface area contributed by atoms with Gasteiger partial charge in [-0.15, -0.1) is 11.8 Å². The number of benzene rings is 2. The Balaban J connectivity index is 2.04. The molecule has 0 saturated heterocycles. The van der Waals surface area contributed by atoms with E-state index in [9.17, 15) is 9.59 Å². The van der Waals surface area contributed by atoms with E-state index in [0.29, 0.717) is 5.69 Å². The van der Waals surface area contributed by atoms with E-state index in [0.717, 1.165) is 10.6 Å². The quantitative estimate of drug-likeness (QED) is 0.679. The molecule has 0 spiro atoms. The molecule has 2 aromatic carbocycles. The minimum absolute atomic E-state index is 0.0528. The van der Waals surface area contributed by atoms with Crippen LogP contribution >= 0.6 is 11.8 Å². The number of para-hydroxylation sites is 2. The van der Waals surface area contributed by atoms with Gasteiger partial charge in [0.25, 0.3) is 0 Å². The first-order valence-corrected chi connectivity index (χ1v) is 9.30. The molecule has 3 N–H and O–H groups in total. The van der Waals surface area contributed by atoms with Crippen LogP contribution in [-0.4, -0.2) is 24.2 Å². The lowest BCUT2D eigenvalue weighted by Gasteiger charge is -2.22. The van der Waals surface area contributed by atoms with Crippen LogP contribution in [0.2, 0.25) is 0 Å². The lowest BCUT2D eigenvalue weighted by Crippen LogP contribution is -2.48. The van der Waals surface area contributed by atoms with Crippen molar-refractivity contribution >= 4 is 35.1 Å². The number of thioether (sulfide) groups is 1. The van der Waals surface area contributed by atoms with E-state index >= 15 is 0 Å². The summed E-state index contributed by atoms with van der Waals surface area (Å²) in [7, 11) is 0. The Morgan fingerprint density at radius 3 is 2.20 bits per heavy atom. The van der Waals surface area contributed by atoms with Crippen molar-refractivity contribution in [1.29, 1.82) is 0 Å². The number of rotatable bonds is 6. The van der Waals surface area contributed by atoms with Gasteiger partial charge in [0.15, 0.2) is 0 Å². The van der Waals surface area contributed by atoms with E-state index < -0.39 is 12.1 Å². The third kappa shape index (κ3) is 5.53. The predicted molar refractivity (Wildman–Crippen MR) is 104 cm³/mol. The molecule has 0 radical (unpaired) electrons. The molecule has 0 fully saturated rings. The van der Waals surface area contributed by atoms with Crippen molar-refractivity contribution in [2.45, 2.75) is 24.8 Å². The van der Waals surface area contributed by atoms with Gasteiger partial charge in [0, 0.05) is 10.6 Å². The molecule has 0 aliphatic heterocycles. The van der Waals surface area contributed by atoms with E-state index in [1.165, 1.54) is 0 Å². The van der Waals surface area contributed by atoms with E-state index in [4.69, 9.17) is 0 Å². The number of hydrogen-bond acceptors (Lipinski definition) is 3. The molecule has 0 aliphatic carbocycles. The minimum Gasteiger partial charge on any atom is -0.326 e. The molecule has 0 aromatic heterocycles. The Labute approximate surface area is 152 Å². The Hall–Kier alpha value is -2.47. The maximum atomic E-state index is 12.6. The van der Waals surface area contributed by atoms with Gasteiger partial charge in [-0.1, -0.05) is 44.2 Å². The van der Waals surface area contributed by atoms with E-state index in [1.54, 1.807) is 23.9 Å². The van der Waals surface area contributed by atoms with Gasteiger partial charge in [-0.05, 0) is 36.4 Å². The average molecular weight is 357 g/mol. The molecule has 132 valence electrons. The molecule has 0 saturated carbocycles. The average Bonchev–Trinajstić information content (AvgIpc) is 2.60. The van der Waals surface area contributed by atoms with Crippen molar-refractivity contribution in [1.82, 2.24) is 5.32 Å². The maximum Gasteiger partial charge on any atom is 0.319 e. The van der Waals surface area contributed by atoms with Gasteiger partial charge in [-0.25, -0.2) is 4.79 Å². The van der Waals surface area contributed by atoms with E-state index in [1.807, 2.05) is 62.6 Å². The molecule has 25 heavy (non-hydrogen) atoms. The van der Waals surface area contributed by atoms with Gasteiger partial charge < -0.3 is 16.0 Å². The van der Waals surface area contributed by atoms with Crippen LogP contribution in [0, 0.1) is 5.92 Å². The molecule has 0 bridgehead atoms. The largest absolute Gasteiger partial charge is 0.326 e. The molecular formula is C19H23N3O2S. The lowest BCUT2D eigenvalue weighted by atomic mass is 10.0. The van der Waals surface area contributed by atoms with Crippen molar-refractivity contribution in [2.24, 2.45) is 5.92 Å². The topological polar surface area (TPSA) is 70.2 Å². The van der Waals surface area contributed by atoms with Crippen molar-refractivity contribution in [3.05, 3.63) is 54.6 Å². The third-order valence-electron chi connectivity index (χ3n) is 3.63. The van der Waals surface area contributed by atoms with Crippen LogP contribution in [0.4, 0.5) is 16.2 Å². The van der Waals surface area contributed by atoms with Crippen LogP contribution in [0.1, 0.15) is 13.8 Å². The highest BCUT2D eigenvalue weighted by Gasteiger charge is 2.24. The van der Waals surface area contributed by atoms with Crippen LogP contribution in [0.5, 0.6) is 0 Å². The Kier molecular flexibility index (Phi) is 6.89. The van der Waals surface area contributed by atoms with Gasteiger partial charge in [-0.3, -0.25) is 4.79 Å². The van der Waals surface area contributed by atoms with Crippen LogP contribution in [0.25, 0.3) is 0 Å². The number of nitrogens with one attached hydrogen (secondary N) is 3. The zero-order valence-corrected chi connectivity index (χ0v) is 15.4. The molecule has 1 atom stereocenters. The van der Waals surface area contributed by atoms with Crippen molar-refractivity contribution < 1.29 is 9.59 Å². The zero-order chi connectivity index (χ0) is 18.2. The molecule has 0 aliphatic rings. The van der Waals surface area contributed by atoms with Crippen LogP contribution in [0.15, 0.2) is 59.5 Å². The highest BCUT2D eigenvalue weighted by atomic mass is 32.2. The summed E-state index contributed by atoms with van der Waals surface area (Å²) in [5.41, 5.74) is 1.42. The summed E-state index contributed by atoms with van der Waals surface area (Å²) in [5.74, 6) is -0.289. The number of anilines is 2. The number of amides is 3. The summed E-state index contributed by atoms with van der Waals surface area (Å²) in [4.78, 5) is 25.8. The van der Waals surface area contributed by atoms with Crippen molar-refractivity contribution in [2.75, 3.05) is 16.9 Å². The van der Waals surface area contributed by atoms with Gasteiger partial charge in [0.1, 0.15) is 6.04 Å².